The summed E-state index contributed by atoms with van der Waals surface area (Å²) in [6.45, 7) is 4.34. The zero-order chi connectivity index (χ0) is 43.6. The van der Waals surface area contributed by atoms with E-state index in [1.807, 2.05) is 0 Å². The van der Waals surface area contributed by atoms with Gasteiger partial charge in [-0.2, -0.15) is 0 Å². The maximum atomic E-state index is 12.8. The lowest BCUT2D eigenvalue weighted by molar-refractivity contribution is -0.305. The van der Waals surface area contributed by atoms with Crippen molar-refractivity contribution >= 4 is 5.97 Å². The monoisotopic (exact) mass is 843 g/mol. The molecule has 1 heterocycles. The van der Waals surface area contributed by atoms with Crippen LogP contribution in [0, 0.1) is 0 Å². The number of carbonyl (C=O) groups excluding carboxylic acids is 1. The first-order chi connectivity index (χ1) is 29.4. The van der Waals surface area contributed by atoms with Gasteiger partial charge in [-0.15, -0.1) is 0 Å². The van der Waals surface area contributed by atoms with E-state index >= 15 is 0 Å². The second kappa shape index (κ2) is 41.7. The van der Waals surface area contributed by atoms with Crippen molar-refractivity contribution in [1.29, 1.82) is 0 Å². The Morgan fingerprint density at radius 1 is 0.550 bits per heavy atom. The van der Waals surface area contributed by atoms with E-state index in [0.29, 0.717) is 13.0 Å². The average molecular weight is 843 g/mol. The fourth-order valence-corrected chi connectivity index (χ4v) is 6.61. The normalized spacial score (nSPS) is 20.8. The molecule has 0 aliphatic carbocycles. The second-order valence-corrected chi connectivity index (χ2v) is 15.8. The van der Waals surface area contributed by atoms with E-state index in [0.717, 1.165) is 77.0 Å². The standard InChI is InChI=1S/C51H86O9/c1-3-5-7-9-11-13-15-17-19-20-21-22-23-24-25-27-29-31-33-35-37-39-41-57-43-45(44-58-51-50(56)49(55)48(54)46(42-52)60-51)59-47(53)40-38-36-34-32-30-28-26-18-16-14-12-10-8-6-4-2/h6,8,12,14-15,17-18,20-21,23-24,26,30,32,45-46,48-52,54-56H,3-5,7,9-11,13,16,19,22,25,27-29,31,33-44H2,1-2H3/b8-6-,14-12-,17-15-,21-20-,24-23-,26-18-,32-30-. The topological polar surface area (TPSA) is 135 Å². The van der Waals surface area contributed by atoms with Crippen molar-refractivity contribution in [2.24, 2.45) is 0 Å². The van der Waals surface area contributed by atoms with E-state index in [-0.39, 0.29) is 25.6 Å². The molecule has 0 aromatic rings. The van der Waals surface area contributed by atoms with Crippen LogP contribution in [-0.2, 0) is 23.7 Å². The van der Waals surface area contributed by atoms with Gasteiger partial charge in [-0.1, -0.05) is 157 Å². The lowest BCUT2D eigenvalue weighted by Crippen LogP contribution is -2.59. The van der Waals surface area contributed by atoms with E-state index in [1.54, 1.807) is 0 Å². The summed E-state index contributed by atoms with van der Waals surface area (Å²) in [5.41, 5.74) is 0. The lowest BCUT2D eigenvalue weighted by Gasteiger charge is -2.39. The summed E-state index contributed by atoms with van der Waals surface area (Å²) in [7, 11) is 0. The maximum Gasteiger partial charge on any atom is 0.306 e. The van der Waals surface area contributed by atoms with Crippen molar-refractivity contribution in [2.45, 2.75) is 205 Å². The van der Waals surface area contributed by atoms with E-state index in [4.69, 9.17) is 18.9 Å². The molecule has 0 aromatic heterocycles. The molecule has 60 heavy (non-hydrogen) atoms. The zero-order valence-corrected chi connectivity index (χ0v) is 37.7. The Morgan fingerprint density at radius 2 is 1.02 bits per heavy atom. The average Bonchev–Trinajstić information content (AvgIpc) is 3.25. The summed E-state index contributed by atoms with van der Waals surface area (Å²) < 4.78 is 22.8. The molecule has 0 aromatic carbocycles. The van der Waals surface area contributed by atoms with E-state index in [1.165, 1.54) is 64.2 Å². The Hall–Kier alpha value is -2.63. The fourth-order valence-electron chi connectivity index (χ4n) is 6.61. The summed E-state index contributed by atoms with van der Waals surface area (Å²) in [5, 5.41) is 40.1. The van der Waals surface area contributed by atoms with Gasteiger partial charge in [0.2, 0.25) is 0 Å². The largest absolute Gasteiger partial charge is 0.457 e. The fraction of sp³-hybridized carbons (Fsp3) is 0.706. The van der Waals surface area contributed by atoms with Gasteiger partial charge in [-0.05, 0) is 89.9 Å². The van der Waals surface area contributed by atoms with Crippen LogP contribution >= 0.6 is 0 Å². The van der Waals surface area contributed by atoms with Gasteiger partial charge in [0.1, 0.15) is 30.5 Å². The highest BCUT2D eigenvalue weighted by molar-refractivity contribution is 5.69. The minimum atomic E-state index is -1.55. The van der Waals surface area contributed by atoms with Crippen LogP contribution in [0.25, 0.3) is 0 Å². The minimum absolute atomic E-state index is 0.116. The number of unbranched alkanes of at least 4 members (excludes halogenated alkanes) is 14. The van der Waals surface area contributed by atoms with Crippen LogP contribution in [0.1, 0.15) is 168 Å². The van der Waals surface area contributed by atoms with Crippen LogP contribution in [0.2, 0.25) is 0 Å². The highest BCUT2D eigenvalue weighted by Crippen LogP contribution is 2.22. The van der Waals surface area contributed by atoms with Crippen LogP contribution in [0.15, 0.2) is 85.1 Å². The molecule has 1 rings (SSSR count). The van der Waals surface area contributed by atoms with Crippen molar-refractivity contribution in [3.05, 3.63) is 85.1 Å². The third-order valence-electron chi connectivity index (χ3n) is 10.3. The van der Waals surface area contributed by atoms with Gasteiger partial charge in [0, 0.05) is 13.0 Å². The molecular weight excluding hydrogens is 757 g/mol. The molecule has 6 unspecified atom stereocenters. The maximum absolute atomic E-state index is 12.8. The molecule has 344 valence electrons. The Bertz CT molecular complexity index is 1190. The molecule has 1 fully saturated rings. The number of hydrogen-bond acceptors (Lipinski definition) is 9. The van der Waals surface area contributed by atoms with Crippen LogP contribution in [0.4, 0.5) is 0 Å². The van der Waals surface area contributed by atoms with Crippen molar-refractivity contribution in [3.63, 3.8) is 0 Å². The predicted molar refractivity (Wildman–Crippen MR) is 247 cm³/mol. The van der Waals surface area contributed by atoms with E-state index in [9.17, 15) is 25.2 Å². The zero-order valence-electron chi connectivity index (χ0n) is 37.7. The number of carbonyl (C=O) groups is 1. The van der Waals surface area contributed by atoms with Crippen molar-refractivity contribution in [2.75, 3.05) is 26.4 Å². The highest BCUT2D eigenvalue weighted by atomic mass is 16.7. The quantitative estimate of drug-likeness (QED) is 0.0271. The summed E-state index contributed by atoms with van der Waals surface area (Å²) in [6, 6.07) is 0. The number of aliphatic hydroxyl groups is 4. The molecule has 0 amide bonds. The molecule has 6 atom stereocenters. The molecule has 4 N–H and O–H groups in total. The summed E-state index contributed by atoms with van der Waals surface area (Å²) in [6.07, 6.45) is 49.0. The number of hydrogen-bond donors (Lipinski definition) is 4. The summed E-state index contributed by atoms with van der Waals surface area (Å²) in [4.78, 5) is 12.8. The van der Waals surface area contributed by atoms with E-state index < -0.39 is 43.4 Å². The lowest BCUT2D eigenvalue weighted by atomic mass is 9.99. The molecule has 0 radical (unpaired) electrons. The summed E-state index contributed by atoms with van der Waals surface area (Å²) in [5.74, 6) is -0.361. The predicted octanol–water partition coefficient (Wildman–Crippen LogP) is 11.0. The molecule has 0 saturated carbocycles. The van der Waals surface area contributed by atoms with Gasteiger partial charge >= 0.3 is 5.97 Å². The number of ether oxygens (including phenoxy) is 4. The van der Waals surface area contributed by atoms with Crippen molar-refractivity contribution in [3.8, 4) is 0 Å². The van der Waals surface area contributed by atoms with Gasteiger partial charge in [0.25, 0.3) is 0 Å². The van der Waals surface area contributed by atoms with Crippen LogP contribution < -0.4 is 0 Å². The van der Waals surface area contributed by atoms with Gasteiger partial charge in [0.05, 0.1) is 19.8 Å². The third kappa shape index (κ3) is 32.1. The SMILES string of the molecule is CC/C=C\C/C=C\C/C=C\C/C=C\CCCCC(=O)OC(COCCCCCCCCC/C=C\C/C=C\C/C=C\CCCCCCC)COC1OC(CO)C(O)C(O)C1O. The molecule has 0 spiro atoms. The van der Waals surface area contributed by atoms with Crippen LogP contribution in [0.3, 0.4) is 0 Å². The highest BCUT2D eigenvalue weighted by Gasteiger charge is 2.44. The van der Waals surface area contributed by atoms with Gasteiger partial charge in [-0.3, -0.25) is 4.79 Å². The van der Waals surface area contributed by atoms with Gasteiger partial charge in [-0.25, -0.2) is 0 Å². The molecule has 9 nitrogen and oxygen atoms in total. The number of rotatable bonds is 39. The Morgan fingerprint density at radius 3 is 1.53 bits per heavy atom. The van der Waals surface area contributed by atoms with Crippen LogP contribution in [0.5, 0.6) is 0 Å². The first-order valence-electron chi connectivity index (χ1n) is 23.7. The van der Waals surface area contributed by atoms with E-state index in [2.05, 4.69) is 98.9 Å². The first-order valence-corrected chi connectivity index (χ1v) is 23.7. The molecule has 1 aliphatic rings. The molecule has 0 bridgehead atoms. The van der Waals surface area contributed by atoms with Gasteiger partial charge < -0.3 is 39.4 Å². The third-order valence-corrected chi connectivity index (χ3v) is 10.3. The Kier molecular flexibility index (Phi) is 38.5. The minimum Gasteiger partial charge on any atom is -0.457 e. The van der Waals surface area contributed by atoms with Gasteiger partial charge in [0.15, 0.2) is 6.29 Å². The van der Waals surface area contributed by atoms with Crippen molar-refractivity contribution in [1.82, 2.24) is 0 Å². The molecule has 1 aliphatic heterocycles. The Labute approximate surface area is 365 Å². The number of aliphatic hydroxyl groups excluding tert-OH is 4. The first kappa shape index (κ1) is 55.4. The number of esters is 1. The van der Waals surface area contributed by atoms with Crippen molar-refractivity contribution < 1.29 is 44.2 Å². The molecule has 9 heteroatoms. The summed E-state index contributed by atoms with van der Waals surface area (Å²) >= 11 is 0. The van der Waals surface area contributed by atoms with Crippen LogP contribution in [-0.4, -0.2) is 89.6 Å². The smallest absolute Gasteiger partial charge is 0.306 e. The second-order valence-electron chi connectivity index (χ2n) is 15.8. The Balaban J connectivity index is 2.28. The number of allylic oxidation sites excluding steroid dienone is 14. The molecular formula is C51H86O9. The molecule has 1 saturated heterocycles.